The molecule has 0 saturated heterocycles. The number of rotatable bonds is 5. The molecule has 0 radical (unpaired) electrons. The van der Waals surface area contributed by atoms with Crippen LogP contribution in [-0.2, 0) is 4.79 Å². The van der Waals surface area contributed by atoms with E-state index in [1.54, 1.807) is 7.05 Å². The lowest BCUT2D eigenvalue weighted by atomic mass is 10.1. The molecule has 1 aromatic rings. The Balaban J connectivity index is 2.58. The number of nitrogens with zero attached hydrogens (tertiary/aromatic N) is 1. The van der Waals surface area contributed by atoms with Crippen molar-refractivity contribution in [1.82, 2.24) is 5.16 Å². The smallest absolute Gasteiger partial charge is 0.315 e. The van der Waals surface area contributed by atoms with Gasteiger partial charge in [-0.1, -0.05) is 20.3 Å². The maximum Gasteiger partial charge on any atom is 0.315 e. The van der Waals surface area contributed by atoms with Crippen LogP contribution in [0.25, 0.3) is 0 Å². The Morgan fingerprint density at radius 3 is 3.07 bits per heavy atom. The summed E-state index contributed by atoms with van der Waals surface area (Å²) < 4.78 is 9.77. The Labute approximate surface area is 88.8 Å². The van der Waals surface area contributed by atoms with E-state index in [4.69, 9.17) is 4.74 Å². The molecule has 0 spiro atoms. The summed E-state index contributed by atoms with van der Waals surface area (Å²) in [6.07, 6.45) is 3.16. The van der Waals surface area contributed by atoms with Crippen molar-refractivity contribution in [3.05, 3.63) is 6.26 Å². The van der Waals surface area contributed by atoms with Crippen LogP contribution in [0.2, 0.25) is 0 Å². The number of nitrogens with one attached hydrogen (secondary N) is 1. The third-order valence-electron chi connectivity index (χ3n) is 2.13. The number of aromatic nitrogens is 1. The van der Waals surface area contributed by atoms with Gasteiger partial charge in [0.15, 0.2) is 6.26 Å². The molecule has 5 nitrogen and oxygen atoms in total. The number of carbonyl (C=O) groups is 1. The lowest BCUT2D eigenvalue weighted by Gasteiger charge is -2.08. The van der Waals surface area contributed by atoms with Gasteiger partial charge in [0.25, 0.3) is 5.88 Å². The van der Waals surface area contributed by atoms with Crippen LogP contribution in [0.4, 0.5) is 5.69 Å². The predicted molar refractivity (Wildman–Crippen MR) is 55.8 cm³/mol. The van der Waals surface area contributed by atoms with E-state index in [9.17, 15) is 4.79 Å². The van der Waals surface area contributed by atoms with Crippen molar-refractivity contribution < 1.29 is 14.1 Å². The Morgan fingerprint density at radius 1 is 1.73 bits per heavy atom. The molecule has 1 atom stereocenters. The zero-order valence-corrected chi connectivity index (χ0v) is 9.24. The molecule has 0 aliphatic rings. The zero-order valence-electron chi connectivity index (χ0n) is 9.24. The molecule has 84 valence electrons. The van der Waals surface area contributed by atoms with Crippen LogP contribution in [-0.4, -0.2) is 18.2 Å². The molecule has 0 bridgehead atoms. The average molecular weight is 212 g/mol. The van der Waals surface area contributed by atoms with Crippen LogP contribution in [0.1, 0.15) is 26.7 Å². The number of hydrogen-bond acceptors (Lipinski definition) is 5. The predicted octanol–water partition coefficient (Wildman–Crippen LogP) is 2.06. The van der Waals surface area contributed by atoms with Gasteiger partial charge in [0, 0.05) is 7.05 Å². The van der Waals surface area contributed by atoms with E-state index < -0.39 is 0 Å². The van der Waals surface area contributed by atoms with Gasteiger partial charge in [-0.15, -0.1) is 0 Å². The first-order valence-corrected chi connectivity index (χ1v) is 5.02. The molecule has 0 aliphatic heterocycles. The summed E-state index contributed by atoms with van der Waals surface area (Å²) in [4.78, 5) is 11.5. The summed E-state index contributed by atoms with van der Waals surface area (Å²) in [5.41, 5.74) is 0.576. The molecule has 0 aromatic carbocycles. The van der Waals surface area contributed by atoms with Crippen molar-refractivity contribution in [2.24, 2.45) is 5.92 Å². The SMILES string of the molecule is CCCC(C)C(=O)Oc1nocc1NC. The second-order valence-electron chi connectivity index (χ2n) is 3.39. The van der Waals surface area contributed by atoms with E-state index in [1.807, 2.05) is 13.8 Å². The van der Waals surface area contributed by atoms with E-state index in [1.165, 1.54) is 6.26 Å². The largest absolute Gasteiger partial charge is 0.402 e. The van der Waals surface area contributed by atoms with E-state index in [-0.39, 0.29) is 17.8 Å². The minimum absolute atomic E-state index is 0.114. The molecule has 0 saturated carbocycles. The molecule has 1 heterocycles. The fourth-order valence-electron chi connectivity index (χ4n) is 1.21. The van der Waals surface area contributed by atoms with Crippen molar-refractivity contribution in [1.29, 1.82) is 0 Å². The fraction of sp³-hybridized carbons (Fsp3) is 0.600. The fourth-order valence-corrected chi connectivity index (χ4v) is 1.21. The number of anilines is 1. The normalized spacial score (nSPS) is 12.2. The highest BCUT2D eigenvalue weighted by Gasteiger charge is 2.18. The number of hydrogen-bond donors (Lipinski definition) is 1. The molecule has 1 N–H and O–H groups in total. The molecule has 1 rings (SSSR count). The Bertz CT molecular complexity index is 322. The number of ether oxygens (including phenoxy) is 1. The van der Waals surface area contributed by atoms with Crippen LogP contribution in [0.3, 0.4) is 0 Å². The number of carbonyl (C=O) groups excluding carboxylic acids is 1. The highest BCUT2D eigenvalue weighted by molar-refractivity contribution is 5.75. The lowest BCUT2D eigenvalue weighted by Crippen LogP contribution is -2.18. The first-order chi connectivity index (χ1) is 7.19. The highest BCUT2D eigenvalue weighted by Crippen LogP contribution is 2.22. The van der Waals surface area contributed by atoms with Crippen molar-refractivity contribution in [2.75, 3.05) is 12.4 Å². The van der Waals surface area contributed by atoms with E-state index in [0.29, 0.717) is 5.69 Å². The molecule has 0 fully saturated rings. The lowest BCUT2D eigenvalue weighted by molar-refractivity contribution is -0.138. The summed E-state index contributed by atoms with van der Waals surface area (Å²) in [6, 6.07) is 0. The quantitative estimate of drug-likeness (QED) is 0.757. The molecule has 5 heteroatoms. The molecule has 0 amide bonds. The van der Waals surface area contributed by atoms with Gasteiger partial charge in [-0.25, -0.2) is 0 Å². The van der Waals surface area contributed by atoms with Gasteiger partial charge in [-0.3, -0.25) is 4.79 Å². The van der Waals surface area contributed by atoms with E-state index in [2.05, 4.69) is 15.0 Å². The summed E-state index contributed by atoms with van der Waals surface area (Å²) in [6.45, 7) is 3.86. The molecule has 1 unspecified atom stereocenters. The molecular weight excluding hydrogens is 196 g/mol. The van der Waals surface area contributed by atoms with Gasteiger partial charge in [0.2, 0.25) is 0 Å². The maximum atomic E-state index is 11.5. The molecule has 0 aliphatic carbocycles. The second kappa shape index (κ2) is 5.38. The Hall–Kier alpha value is -1.52. The van der Waals surface area contributed by atoms with Crippen LogP contribution in [0, 0.1) is 5.92 Å². The minimum Gasteiger partial charge on any atom is -0.402 e. The van der Waals surface area contributed by atoms with E-state index >= 15 is 0 Å². The highest BCUT2D eigenvalue weighted by atomic mass is 16.6. The van der Waals surface area contributed by atoms with Crippen LogP contribution >= 0.6 is 0 Å². The Kier molecular flexibility index (Phi) is 4.15. The summed E-state index contributed by atoms with van der Waals surface area (Å²) in [5.74, 6) is -0.191. The molecular formula is C10H16N2O3. The van der Waals surface area contributed by atoms with Crippen molar-refractivity contribution >= 4 is 11.7 Å². The van der Waals surface area contributed by atoms with Gasteiger partial charge in [-0.2, -0.15) is 0 Å². The zero-order chi connectivity index (χ0) is 11.3. The standard InChI is InChI=1S/C10H16N2O3/c1-4-5-7(2)10(13)15-9-8(11-3)6-14-12-9/h6-7,11H,4-5H2,1-3H3. The Morgan fingerprint density at radius 2 is 2.47 bits per heavy atom. The monoisotopic (exact) mass is 212 g/mol. The van der Waals surface area contributed by atoms with Crippen molar-refractivity contribution in [3.8, 4) is 5.88 Å². The van der Waals surface area contributed by atoms with Crippen LogP contribution < -0.4 is 10.1 Å². The number of esters is 1. The summed E-state index contributed by atoms with van der Waals surface area (Å²) >= 11 is 0. The van der Waals surface area contributed by atoms with E-state index in [0.717, 1.165) is 12.8 Å². The average Bonchev–Trinajstić information content (AvgIpc) is 2.65. The first-order valence-electron chi connectivity index (χ1n) is 5.02. The van der Waals surface area contributed by atoms with Gasteiger partial charge in [0.1, 0.15) is 5.69 Å². The van der Waals surface area contributed by atoms with Crippen LogP contribution in [0.15, 0.2) is 10.8 Å². The minimum atomic E-state index is -0.276. The van der Waals surface area contributed by atoms with Crippen molar-refractivity contribution in [3.63, 3.8) is 0 Å². The van der Waals surface area contributed by atoms with Crippen LogP contribution in [0.5, 0.6) is 5.88 Å². The van der Waals surface area contributed by atoms with Gasteiger partial charge in [-0.05, 0) is 11.6 Å². The topological polar surface area (TPSA) is 64.4 Å². The van der Waals surface area contributed by atoms with Gasteiger partial charge in [0.05, 0.1) is 5.92 Å². The second-order valence-corrected chi connectivity index (χ2v) is 3.39. The third kappa shape index (κ3) is 2.97. The first kappa shape index (κ1) is 11.6. The van der Waals surface area contributed by atoms with Gasteiger partial charge >= 0.3 is 5.97 Å². The summed E-state index contributed by atoms with van der Waals surface area (Å²) in [7, 11) is 1.71. The third-order valence-corrected chi connectivity index (χ3v) is 2.13. The maximum absolute atomic E-state index is 11.5. The van der Waals surface area contributed by atoms with Gasteiger partial charge < -0.3 is 14.6 Å². The molecule has 15 heavy (non-hydrogen) atoms. The molecule has 1 aromatic heterocycles. The van der Waals surface area contributed by atoms with Crippen molar-refractivity contribution in [2.45, 2.75) is 26.7 Å². The summed E-state index contributed by atoms with van der Waals surface area (Å²) in [5, 5.41) is 6.41.